The summed E-state index contributed by atoms with van der Waals surface area (Å²) in [5.74, 6) is -0.0506. The van der Waals surface area contributed by atoms with E-state index >= 15 is 0 Å². The third kappa shape index (κ3) is 4.92. The molecule has 5 heteroatoms. The van der Waals surface area contributed by atoms with Gasteiger partial charge in [0.2, 0.25) is 5.91 Å². The number of benzene rings is 2. The Kier molecular flexibility index (Phi) is 6.91. The molecule has 1 amide bonds. The second-order valence-corrected chi connectivity index (χ2v) is 6.14. The predicted octanol–water partition coefficient (Wildman–Crippen LogP) is 3.33. The Bertz CT molecular complexity index is 820. The molecule has 0 saturated carbocycles. The Labute approximate surface area is 154 Å². The standard InChI is InChI=1S/C21H22N4O/c1-17(24(2)16-19-9-6-8-18(14-19)15-23)21(26)25(13-7-12-22)20-10-4-3-5-11-20/h3-6,8-11,14,17H,7,13,16H2,1-2H3. The van der Waals surface area contributed by atoms with Gasteiger partial charge in [-0.05, 0) is 43.8 Å². The van der Waals surface area contributed by atoms with Crippen LogP contribution in [-0.4, -0.2) is 30.4 Å². The molecule has 1 atom stereocenters. The second-order valence-electron chi connectivity index (χ2n) is 6.14. The van der Waals surface area contributed by atoms with E-state index in [-0.39, 0.29) is 18.4 Å². The Morgan fingerprint density at radius 3 is 2.50 bits per heavy atom. The first-order chi connectivity index (χ1) is 12.6. The Morgan fingerprint density at radius 1 is 1.12 bits per heavy atom. The lowest BCUT2D eigenvalue weighted by molar-refractivity contribution is -0.123. The molecule has 0 heterocycles. The molecule has 0 aliphatic carbocycles. The molecule has 0 N–H and O–H groups in total. The van der Waals surface area contributed by atoms with Crippen LogP contribution in [0.15, 0.2) is 54.6 Å². The maximum absolute atomic E-state index is 13.0. The summed E-state index contributed by atoms with van der Waals surface area (Å²) >= 11 is 0. The van der Waals surface area contributed by atoms with E-state index < -0.39 is 0 Å². The van der Waals surface area contributed by atoms with Gasteiger partial charge in [0.15, 0.2) is 0 Å². The maximum atomic E-state index is 13.0. The first kappa shape index (κ1) is 19.2. The van der Waals surface area contributed by atoms with Crippen LogP contribution in [0.2, 0.25) is 0 Å². The lowest BCUT2D eigenvalue weighted by Crippen LogP contribution is -2.46. The van der Waals surface area contributed by atoms with Gasteiger partial charge in [-0.3, -0.25) is 9.69 Å². The Balaban J connectivity index is 2.14. The van der Waals surface area contributed by atoms with E-state index in [9.17, 15) is 4.79 Å². The van der Waals surface area contributed by atoms with Crippen molar-refractivity contribution in [2.75, 3.05) is 18.5 Å². The number of nitrogens with zero attached hydrogens (tertiary/aromatic N) is 4. The van der Waals surface area contributed by atoms with E-state index in [4.69, 9.17) is 10.5 Å². The van der Waals surface area contributed by atoms with Crippen LogP contribution in [0.5, 0.6) is 0 Å². The van der Waals surface area contributed by atoms with Gasteiger partial charge in [0.05, 0.1) is 30.2 Å². The molecule has 0 saturated heterocycles. The minimum Gasteiger partial charge on any atom is -0.310 e. The number of nitriles is 2. The van der Waals surface area contributed by atoms with Crippen LogP contribution in [0.3, 0.4) is 0 Å². The first-order valence-electron chi connectivity index (χ1n) is 8.49. The summed E-state index contributed by atoms with van der Waals surface area (Å²) in [6.45, 7) is 2.78. The lowest BCUT2D eigenvalue weighted by atomic mass is 10.1. The normalized spacial score (nSPS) is 11.4. The van der Waals surface area contributed by atoms with Gasteiger partial charge in [-0.2, -0.15) is 10.5 Å². The van der Waals surface area contributed by atoms with Gasteiger partial charge >= 0.3 is 0 Å². The summed E-state index contributed by atoms with van der Waals surface area (Å²) in [7, 11) is 1.88. The zero-order valence-corrected chi connectivity index (χ0v) is 15.1. The summed E-state index contributed by atoms with van der Waals surface area (Å²) in [6, 6.07) is 20.7. The number of anilines is 1. The van der Waals surface area contributed by atoms with Crippen LogP contribution in [-0.2, 0) is 11.3 Å². The maximum Gasteiger partial charge on any atom is 0.244 e. The molecule has 26 heavy (non-hydrogen) atoms. The molecule has 0 aliphatic rings. The molecular weight excluding hydrogens is 324 g/mol. The van der Waals surface area contributed by atoms with Crippen LogP contribution >= 0.6 is 0 Å². The summed E-state index contributed by atoms with van der Waals surface area (Å²) in [5.41, 5.74) is 2.38. The highest BCUT2D eigenvalue weighted by molar-refractivity contribution is 5.96. The van der Waals surface area contributed by atoms with Crippen molar-refractivity contribution in [1.29, 1.82) is 10.5 Å². The van der Waals surface area contributed by atoms with Gasteiger partial charge in [-0.1, -0.05) is 30.3 Å². The zero-order chi connectivity index (χ0) is 18.9. The van der Waals surface area contributed by atoms with Crippen molar-refractivity contribution in [2.24, 2.45) is 0 Å². The fraction of sp³-hybridized carbons (Fsp3) is 0.286. The molecule has 2 aromatic carbocycles. The van der Waals surface area contributed by atoms with Crippen LogP contribution in [0, 0.1) is 22.7 Å². The van der Waals surface area contributed by atoms with E-state index in [1.807, 2.05) is 67.4 Å². The summed E-state index contributed by atoms with van der Waals surface area (Å²) in [5, 5.41) is 17.9. The number of hydrogen-bond acceptors (Lipinski definition) is 4. The summed E-state index contributed by atoms with van der Waals surface area (Å²) in [4.78, 5) is 16.6. The highest BCUT2D eigenvalue weighted by atomic mass is 16.2. The molecular formula is C21H22N4O. The van der Waals surface area contributed by atoms with E-state index in [1.165, 1.54) is 0 Å². The largest absolute Gasteiger partial charge is 0.310 e. The van der Waals surface area contributed by atoms with Crippen molar-refractivity contribution < 1.29 is 4.79 Å². The van der Waals surface area contributed by atoms with E-state index in [1.54, 1.807) is 11.0 Å². The number of amides is 1. The first-order valence-corrected chi connectivity index (χ1v) is 8.49. The van der Waals surface area contributed by atoms with E-state index in [2.05, 4.69) is 12.1 Å². The van der Waals surface area contributed by atoms with Crippen molar-refractivity contribution in [2.45, 2.75) is 25.9 Å². The van der Waals surface area contributed by atoms with Crippen molar-refractivity contribution in [1.82, 2.24) is 4.90 Å². The number of carbonyl (C=O) groups is 1. The van der Waals surface area contributed by atoms with Crippen molar-refractivity contribution in [3.63, 3.8) is 0 Å². The third-order valence-corrected chi connectivity index (χ3v) is 4.29. The third-order valence-electron chi connectivity index (χ3n) is 4.29. The molecule has 5 nitrogen and oxygen atoms in total. The minimum absolute atomic E-state index is 0.0506. The molecule has 0 aromatic heterocycles. The monoisotopic (exact) mass is 346 g/mol. The molecule has 0 bridgehead atoms. The highest BCUT2D eigenvalue weighted by Crippen LogP contribution is 2.17. The number of hydrogen-bond donors (Lipinski definition) is 0. The van der Waals surface area contributed by atoms with Gasteiger partial charge in [-0.25, -0.2) is 0 Å². The minimum atomic E-state index is -0.361. The quantitative estimate of drug-likeness (QED) is 0.771. The number of carbonyl (C=O) groups excluding carboxylic acids is 1. The summed E-state index contributed by atoms with van der Waals surface area (Å²) < 4.78 is 0. The number of likely N-dealkylation sites (N-methyl/N-ethyl adjacent to an activating group) is 1. The average molecular weight is 346 g/mol. The lowest BCUT2D eigenvalue weighted by Gasteiger charge is -2.30. The fourth-order valence-corrected chi connectivity index (χ4v) is 2.71. The number of rotatable bonds is 7. The van der Waals surface area contributed by atoms with Gasteiger partial charge in [0.1, 0.15) is 0 Å². The van der Waals surface area contributed by atoms with Crippen molar-refractivity contribution in [3.05, 3.63) is 65.7 Å². The van der Waals surface area contributed by atoms with E-state index in [0.29, 0.717) is 18.7 Å². The zero-order valence-electron chi connectivity index (χ0n) is 15.1. The second kappa shape index (κ2) is 9.36. The predicted molar refractivity (Wildman–Crippen MR) is 101 cm³/mol. The smallest absolute Gasteiger partial charge is 0.244 e. The topological polar surface area (TPSA) is 71.1 Å². The van der Waals surface area contributed by atoms with Gasteiger partial charge in [0, 0.05) is 18.8 Å². The molecule has 0 fully saturated rings. The fourth-order valence-electron chi connectivity index (χ4n) is 2.71. The number of para-hydroxylation sites is 1. The highest BCUT2D eigenvalue weighted by Gasteiger charge is 2.25. The molecule has 0 aliphatic heterocycles. The molecule has 2 aromatic rings. The average Bonchev–Trinajstić information content (AvgIpc) is 2.68. The molecule has 132 valence electrons. The van der Waals surface area contributed by atoms with Crippen LogP contribution in [0.1, 0.15) is 24.5 Å². The van der Waals surface area contributed by atoms with Crippen LogP contribution in [0.25, 0.3) is 0 Å². The molecule has 0 spiro atoms. The van der Waals surface area contributed by atoms with Crippen molar-refractivity contribution >= 4 is 11.6 Å². The van der Waals surface area contributed by atoms with Crippen LogP contribution in [0.4, 0.5) is 5.69 Å². The van der Waals surface area contributed by atoms with Crippen LogP contribution < -0.4 is 4.90 Å². The Morgan fingerprint density at radius 2 is 1.85 bits per heavy atom. The SMILES string of the molecule is CC(C(=O)N(CCC#N)c1ccccc1)N(C)Cc1cccc(C#N)c1. The molecule has 0 radical (unpaired) electrons. The Hall–Kier alpha value is -3.15. The van der Waals surface area contributed by atoms with Gasteiger partial charge < -0.3 is 4.90 Å². The molecule has 2 rings (SSSR count). The summed E-state index contributed by atoms with van der Waals surface area (Å²) in [6.07, 6.45) is 0.279. The van der Waals surface area contributed by atoms with Gasteiger partial charge in [0.25, 0.3) is 0 Å². The van der Waals surface area contributed by atoms with Crippen molar-refractivity contribution in [3.8, 4) is 12.1 Å². The van der Waals surface area contributed by atoms with Gasteiger partial charge in [-0.15, -0.1) is 0 Å². The van der Waals surface area contributed by atoms with E-state index in [0.717, 1.165) is 11.3 Å². The molecule has 1 unspecified atom stereocenters.